The molecule has 1 aliphatic rings. The highest BCUT2D eigenvalue weighted by molar-refractivity contribution is 4.87. The van der Waals surface area contributed by atoms with Crippen molar-refractivity contribution in [3.05, 3.63) is 0 Å². The van der Waals surface area contributed by atoms with Crippen LogP contribution in [0.4, 0.5) is 0 Å². The van der Waals surface area contributed by atoms with Crippen LogP contribution in [0.3, 0.4) is 0 Å². The zero-order chi connectivity index (χ0) is 10.7. The Bertz CT molecular complexity index is 155. The fourth-order valence-corrected chi connectivity index (χ4v) is 3.14. The largest absolute Gasteiger partial charge is 0.0651 e. The highest BCUT2D eigenvalue weighted by Crippen LogP contribution is 2.46. The highest BCUT2D eigenvalue weighted by atomic mass is 14.4. The first-order valence-corrected chi connectivity index (χ1v) is 6.56. The second-order valence-electron chi connectivity index (χ2n) is 5.91. The van der Waals surface area contributed by atoms with E-state index >= 15 is 0 Å². The van der Waals surface area contributed by atoms with Gasteiger partial charge in [-0.05, 0) is 48.9 Å². The van der Waals surface area contributed by atoms with Crippen molar-refractivity contribution < 1.29 is 0 Å². The molecule has 84 valence electrons. The smallest absolute Gasteiger partial charge is 0.0334 e. The van der Waals surface area contributed by atoms with Gasteiger partial charge in [-0.15, -0.1) is 0 Å². The Morgan fingerprint density at radius 3 is 1.93 bits per heavy atom. The van der Waals surface area contributed by atoms with Gasteiger partial charge in [0.25, 0.3) is 0 Å². The maximum absolute atomic E-state index is 2.48. The minimum absolute atomic E-state index is 0.871. The lowest BCUT2D eigenvalue weighted by atomic mass is 9.75. The molecule has 14 heavy (non-hydrogen) atoms. The summed E-state index contributed by atoms with van der Waals surface area (Å²) < 4.78 is 0. The van der Waals surface area contributed by atoms with E-state index in [1.54, 1.807) is 0 Å². The van der Waals surface area contributed by atoms with Crippen molar-refractivity contribution in [3.8, 4) is 0 Å². The fourth-order valence-electron chi connectivity index (χ4n) is 3.14. The van der Waals surface area contributed by atoms with Crippen LogP contribution in [0.1, 0.15) is 60.3 Å². The normalized spacial score (nSPS) is 23.6. The van der Waals surface area contributed by atoms with Crippen LogP contribution in [-0.2, 0) is 0 Å². The molecule has 0 heterocycles. The summed E-state index contributed by atoms with van der Waals surface area (Å²) in [6.45, 7) is 12.0. The summed E-state index contributed by atoms with van der Waals surface area (Å²) in [6.07, 6.45) is 5.81. The molecule has 0 aromatic heterocycles. The molecular formula is C14H28. The topological polar surface area (TPSA) is 0 Å². The van der Waals surface area contributed by atoms with Crippen molar-refractivity contribution in [3.63, 3.8) is 0 Å². The molecule has 1 fully saturated rings. The summed E-state index contributed by atoms with van der Waals surface area (Å²) in [4.78, 5) is 0. The zero-order valence-electron chi connectivity index (χ0n) is 10.7. The highest BCUT2D eigenvalue weighted by Gasteiger charge is 2.37. The first kappa shape index (κ1) is 12.1. The number of hydrogen-bond acceptors (Lipinski definition) is 0. The minimum atomic E-state index is 0.871. The van der Waals surface area contributed by atoms with Crippen molar-refractivity contribution in [1.82, 2.24) is 0 Å². The van der Waals surface area contributed by atoms with Crippen LogP contribution in [0.25, 0.3) is 0 Å². The van der Waals surface area contributed by atoms with E-state index in [-0.39, 0.29) is 0 Å². The van der Waals surface area contributed by atoms with Gasteiger partial charge in [-0.2, -0.15) is 0 Å². The maximum atomic E-state index is 2.48. The van der Waals surface area contributed by atoms with Gasteiger partial charge in [0, 0.05) is 0 Å². The third-order valence-corrected chi connectivity index (χ3v) is 3.97. The van der Waals surface area contributed by atoms with E-state index in [9.17, 15) is 0 Å². The van der Waals surface area contributed by atoms with Crippen molar-refractivity contribution >= 4 is 0 Å². The van der Waals surface area contributed by atoms with Crippen LogP contribution in [0.5, 0.6) is 0 Å². The van der Waals surface area contributed by atoms with Crippen molar-refractivity contribution in [2.45, 2.75) is 60.3 Å². The van der Waals surface area contributed by atoms with Gasteiger partial charge in [0.1, 0.15) is 0 Å². The predicted molar refractivity (Wildman–Crippen MR) is 64.3 cm³/mol. The van der Waals surface area contributed by atoms with E-state index in [0.29, 0.717) is 0 Å². The number of rotatable bonds is 6. The Morgan fingerprint density at radius 1 is 1.00 bits per heavy atom. The average Bonchev–Trinajstić information content (AvgIpc) is 2.87. The molecule has 0 amide bonds. The molecular weight excluding hydrogens is 168 g/mol. The number of hydrogen-bond donors (Lipinski definition) is 0. The lowest BCUT2D eigenvalue weighted by Crippen LogP contribution is -2.22. The zero-order valence-corrected chi connectivity index (χ0v) is 10.7. The molecule has 0 aliphatic heterocycles. The molecule has 1 saturated carbocycles. The van der Waals surface area contributed by atoms with Gasteiger partial charge in [-0.1, -0.05) is 41.0 Å². The summed E-state index contributed by atoms with van der Waals surface area (Å²) in [6, 6.07) is 0. The molecule has 3 atom stereocenters. The average molecular weight is 196 g/mol. The summed E-state index contributed by atoms with van der Waals surface area (Å²) in [5.41, 5.74) is 0. The molecule has 0 saturated heterocycles. The molecule has 0 N–H and O–H groups in total. The second kappa shape index (κ2) is 5.19. The van der Waals surface area contributed by atoms with E-state index in [0.717, 1.165) is 29.6 Å². The SMILES string of the molecule is CCC(C)C(C(C)CC(C)C)C1CC1. The van der Waals surface area contributed by atoms with E-state index in [4.69, 9.17) is 0 Å². The van der Waals surface area contributed by atoms with Crippen LogP contribution in [0, 0.1) is 29.6 Å². The third kappa shape index (κ3) is 3.29. The van der Waals surface area contributed by atoms with E-state index in [2.05, 4.69) is 34.6 Å². The summed E-state index contributed by atoms with van der Waals surface area (Å²) in [5.74, 6) is 4.85. The van der Waals surface area contributed by atoms with Crippen LogP contribution in [-0.4, -0.2) is 0 Å². The third-order valence-electron chi connectivity index (χ3n) is 3.97. The molecule has 0 aromatic rings. The van der Waals surface area contributed by atoms with E-state index in [1.165, 1.54) is 25.7 Å². The molecule has 0 radical (unpaired) electrons. The molecule has 0 aromatic carbocycles. The fraction of sp³-hybridized carbons (Fsp3) is 1.00. The molecule has 0 nitrogen and oxygen atoms in total. The van der Waals surface area contributed by atoms with Crippen LogP contribution in [0.15, 0.2) is 0 Å². The Labute approximate surface area is 90.5 Å². The molecule has 1 rings (SSSR count). The maximum Gasteiger partial charge on any atom is -0.0334 e. The predicted octanol–water partition coefficient (Wildman–Crippen LogP) is 4.74. The summed E-state index contributed by atoms with van der Waals surface area (Å²) in [5, 5.41) is 0. The van der Waals surface area contributed by atoms with Gasteiger partial charge in [0.2, 0.25) is 0 Å². The molecule has 3 unspecified atom stereocenters. The lowest BCUT2D eigenvalue weighted by Gasteiger charge is -2.30. The molecule has 0 spiro atoms. The van der Waals surface area contributed by atoms with Crippen LogP contribution < -0.4 is 0 Å². The molecule has 0 bridgehead atoms. The van der Waals surface area contributed by atoms with Gasteiger partial charge in [0.05, 0.1) is 0 Å². The Morgan fingerprint density at radius 2 is 1.57 bits per heavy atom. The standard InChI is InChI=1S/C14H28/c1-6-11(4)14(13-7-8-13)12(5)9-10(2)3/h10-14H,6-9H2,1-5H3. The summed E-state index contributed by atoms with van der Waals surface area (Å²) in [7, 11) is 0. The van der Waals surface area contributed by atoms with Crippen molar-refractivity contribution in [2.24, 2.45) is 29.6 Å². The Kier molecular flexibility index (Phi) is 4.47. The van der Waals surface area contributed by atoms with Gasteiger partial charge in [-0.3, -0.25) is 0 Å². The molecule has 1 aliphatic carbocycles. The molecule has 0 heteroatoms. The Hall–Kier alpha value is 0. The first-order valence-electron chi connectivity index (χ1n) is 6.56. The van der Waals surface area contributed by atoms with Crippen molar-refractivity contribution in [1.29, 1.82) is 0 Å². The van der Waals surface area contributed by atoms with Gasteiger partial charge in [0.15, 0.2) is 0 Å². The quantitative estimate of drug-likeness (QED) is 0.575. The monoisotopic (exact) mass is 196 g/mol. The minimum Gasteiger partial charge on any atom is -0.0651 e. The van der Waals surface area contributed by atoms with Crippen LogP contribution in [0.2, 0.25) is 0 Å². The first-order chi connectivity index (χ1) is 6.56. The summed E-state index contributed by atoms with van der Waals surface area (Å²) >= 11 is 0. The lowest BCUT2D eigenvalue weighted by molar-refractivity contribution is 0.192. The van der Waals surface area contributed by atoms with E-state index in [1.807, 2.05) is 0 Å². The van der Waals surface area contributed by atoms with Gasteiger partial charge < -0.3 is 0 Å². The second-order valence-corrected chi connectivity index (χ2v) is 5.91. The van der Waals surface area contributed by atoms with Crippen LogP contribution >= 0.6 is 0 Å². The van der Waals surface area contributed by atoms with Crippen molar-refractivity contribution in [2.75, 3.05) is 0 Å². The van der Waals surface area contributed by atoms with Gasteiger partial charge in [-0.25, -0.2) is 0 Å². The van der Waals surface area contributed by atoms with E-state index < -0.39 is 0 Å². The van der Waals surface area contributed by atoms with Gasteiger partial charge >= 0.3 is 0 Å². The Balaban J connectivity index is 2.48.